The van der Waals surface area contributed by atoms with Gasteiger partial charge in [0.2, 0.25) is 0 Å². The fourth-order valence-electron chi connectivity index (χ4n) is 1.37. The Morgan fingerprint density at radius 3 is 2.71 bits per heavy atom. The second kappa shape index (κ2) is 6.39. The van der Waals surface area contributed by atoms with E-state index in [1.165, 1.54) is 6.07 Å². The van der Waals surface area contributed by atoms with Gasteiger partial charge in [-0.25, -0.2) is 4.39 Å². The third kappa shape index (κ3) is 4.18. The summed E-state index contributed by atoms with van der Waals surface area (Å²) in [6.45, 7) is 4.72. The van der Waals surface area contributed by atoms with Crippen molar-refractivity contribution in [3.05, 3.63) is 35.1 Å². The second-order valence-corrected chi connectivity index (χ2v) is 4.28. The van der Waals surface area contributed by atoms with Gasteiger partial charge in [0.1, 0.15) is 12.4 Å². The van der Waals surface area contributed by atoms with Crippen LogP contribution in [-0.2, 0) is 6.54 Å². The molecule has 0 unspecified atom stereocenters. The highest BCUT2D eigenvalue weighted by atomic mass is 19.1. The van der Waals surface area contributed by atoms with Crippen molar-refractivity contribution in [2.24, 2.45) is 0 Å². The van der Waals surface area contributed by atoms with Gasteiger partial charge in [0, 0.05) is 12.6 Å². The van der Waals surface area contributed by atoms with Crippen molar-refractivity contribution in [2.75, 3.05) is 13.7 Å². The van der Waals surface area contributed by atoms with E-state index in [9.17, 15) is 4.39 Å². The van der Waals surface area contributed by atoms with E-state index < -0.39 is 0 Å². The standard InChI is InChI=1S/C14H18FNO/c1-11(2)16(3)10-12-6-7-14(15)13(9-12)5-4-8-17/h6-7,9,11,17H,8,10H2,1-3H3. The molecule has 1 aromatic carbocycles. The lowest BCUT2D eigenvalue weighted by atomic mass is 10.1. The van der Waals surface area contributed by atoms with Crippen LogP contribution in [0.3, 0.4) is 0 Å². The van der Waals surface area contributed by atoms with Crippen LogP contribution < -0.4 is 0 Å². The summed E-state index contributed by atoms with van der Waals surface area (Å²) in [5.74, 6) is 4.73. The van der Waals surface area contributed by atoms with Gasteiger partial charge in [0.25, 0.3) is 0 Å². The first-order valence-corrected chi connectivity index (χ1v) is 5.63. The molecule has 0 aliphatic rings. The zero-order valence-electron chi connectivity index (χ0n) is 10.5. The largest absolute Gasteiger partial charge is 0.384 e. The molecule has 1 N–H and O–H groups in total. The van der Waals surface area contributed by atoms with Gasteiger partial charge in [-0.3, -0.25) is 4.90 Å². The third-order valence-corrected chi connectivity index (χ3v) is 2.65. The highest BCUT2D eigenvalue weighted by Gasteiger charge is 2.06. The Hall–Kier alpha value is -1.37. The number of hydrogen-bond donors (Lipinski definition) is 1. The number of aliphatic hydroxyl groups excluding tert-OH is 1. The Balaban J connectivity index is 2.88. The van der Waals surface area contributed by atoms with E-state index in [-0.39, 0.29) is 12.4 Å². The van der Waals surface area contributed by atoms with Crippen LogP contribution in [0.25, 0.3) is 0 Å². The first-order chi connectivity index (χ1) is 8.04. The van der Waals surface area contributed by atoms with Gasteiger partial charge in [0.05, 0.1) is 5.56 Å². The van der Waals surface area contributed by atoms with E-state index in [2.05, 4.69) is 30.6 Å². The van der Waals surface area contributed by atoms with Gasteiger partial charge < -0.3 is 5.11 Å². The summed E-state index contributed by atoms with van der Waals surface area (Å²) in [6.07, 6.45) is 0. The lowest BCUT2D eigenvalue weighted by Gasteiger charge is -2.21. The van der Waals surface area contributed by atoms with Crippen molar-refractivity contribution in [3.8, 4) is 11.8 Å². The van der Waals surface area contributed by atoms with E-state index in [0.29, 0.717) is 11.6 Å². The average molecular weight is 235 g/mol. The first-order valence-electron chi connectivity index (χ1n) is 5.63. The molecule has 0 aliphatic heterocycles. The van der Waals surface area contributed by atoms with Crippen LogP contribution in [0, 0.1) is 17.7 Å². The minimum atomic E-state index is -0.345. The van der Waals surface area contributed by atoms with Crippen molar-refractivity contribution < 1.29 is 9.50 Å². The summed E-state index contributed by atoms with van der Waals surface area (Å²) < 4.78 is 13.4. The zero-order valence-corrected chi connectivity index (χ0v) is 10.5. The van der Waals surface area contributed by atoms with Crippen LogP contribution >= 0.6 is 0 Å². The van der Waals surface area contributed by atoms with E-state index in [1.807, 2.05) is 7.05 Å². The molecule has 0 fully saturated rings. The molecule has 3 heteroatoms. The number of rotatable bonds is 3. The van der Waals surface area contributed by atoms with Gasteiger partial charge in [0.15, 0.2) is 0 Å². The minimum absolute atomic E-state index is 0.254. The molecule has 0 atom stereocenters. The van der Waals surface area contributed by atoms with Gasteiger partial charge >= 0.3 is 0 Å². The molecule has 0 saturated heterocycles. The third-order valence-electron chi connectivity index (χ3n) is 2.65. The second-order valence-electron chi connectivity index (χ2n) is 4.28. The fourth-order valence-corrected chi connectivity index (χ4v) is 1.37. The Kier molecular flexibility index (Phi) is 5.14. The molecule has 1 aromatic rings. The summed E-state index contributed by atoms with van der Waals surface area (Å²) >= 11 is 0. The molecule has 0 saturated carbocycles. The maximum absolute atomic E-state index is 13.4. The predicted molar refractivity (Wildman–Crippen MR) is 67.0 cm³/mol. The number of nitrogens with zero attached hydrogens (tertiary/aromatic N) is 1. The average Bonchev–Trinajstić information content (AvgIpc) is 2.29. The Morgan fingerprint density at radius 2 is 2.12 bits per heavy atom. The molecule has 0 bridgehead atoms. The maximum Gasteiger partial charge on any atom is 0.138 e. The van der Waals surface area contributed by atoms with Crippen LogP contribution in [0.1, 0.15) is 25.0 Å². The van der Waals surface area contributed by atoms with Crippen molar-refractivity contribution in [1.82, 2.24) is 4.90 Å². The van der Waals surface area contributed by atoms with Crippen LogP contribution in [-0.4, -0.2) is 29.7 Å². The van der Waals surface area contributed by atoms with Gasteiger partial charge in [-0.1, -0.05) is 17.9 Å². The van der Waals surface area contributed by atoms with E-state index >= 15 is 0 Å². The van der Waals surface area contributed by atoms with Crippen LogP contribution in [0.4, 0.5) is 4.39 Å². The lowest BCUT2D eigenvalue weighted by Crippen LogP contribution is -2.25. The fraction of sp³-hybridized carbons (Fsp3) is 0.429. The number of halogens is 1. The summed E-state index contributed by atoms with van der Waals surface area (Å²) in [5, 5.41) is 8.60. The predicted octanol–water partition coefficient (Wildman–Crippen LogP) is 2.01. The van der Waals surface area contributed by atoms with Crippen molar-refractivity contribution >= 4 is 0 Å². The molecule has 92 valence electrons. The molecule has 0 amide bonds. The zero-order chi connectivity index (χ0) is 12.8. The molecule has 0 heterocycles. The molecule has 0 aliphatic carbocycles. The molecule has 17 heavy (non-hydrogen) atoms. The summed E-state index contributed by atoms with van der Waals surface area (Å²) in [6, 6.07) is 5.35. The van der Waals surface area contributed by atoms with Crippen LogP contribution in [0.15, 0.2) is 18.2 Å². The highest BCUT2D eigenvalue weighted by Crippen LogP contribution is 2.12. The summed E-state index contributed by atoms with van der Waals surface area (Å²) in [7, 11) is 2.02. The van der Waals surface area contributed by atoms with Crippen molar-refractivity contribution in [1.29, 1.82) is 0 Å². The topological polar surface area (TPSA) is 23.5 Å². The Morgan fingerprint density at radius 1 is 1.41 bits per heavy atom. The Labute approximate surface area is 102 Å². The van der Waals surface area contributed by atoms with Gasteiger partial charge in [-0.15, -0.1) is 0 Å². The van der Waals surface area contributed by atoms with Crippen molar-refractivity contribution in [3.63, 3.8) is 0 Å². The Bertz CT molecular complexity index is 432. The van der Waals surface area contributed by atoms with Crippen molar-refractivity contribution in [2.45, 2.75) is 26.4 Å². The van der Waals surface area contributed by atoms with E-state index in [1.54, 1.807) is 12.1 Å². The molecule has 0 radical (unpaired) electrons. The SMILES string of the molecule is CC(C)N(C)Cc1ccc(F)c(C#CCO)c1. The number of benzene rings is 1. The quantitative estimate of drug-likeness (QED) is 0.810. The molecule has 0 spiro atoms. The van der Waals surface area contributed by atoms with Crippen LogP contribution in [0.5, 0.6) is 0 Å². The first kappa shape index (κ1) is 13.7. The maximum atomic E-state index is 13.4. The summed E-state index contributed by atoms with van der Waals surface area (Å²) in [5.41, 5.74) is 1.36. The van der Waals surface area contributed by atoms with E-state index in [0.717, 1.165) is 12.1 Å². The van der Waals surface area contributed by atoms with Crippen LogP contribution in [0.2, 0.25) is 0 Å². The molecular formula is C14H18FNO. The monoisotopic (exact) mass is 235 g/mol. The molecular weight excluding hydrogens is 217 g/mol. The molecule has 0 aromatic heterocycles. The summed E-state index contributed by atoms with van der Waals surface area (Å²) in [4.78, 5) is 2.16. The molecule has 2 nitrogen and oxygen atoms in total. The smallest absolute Gasteiger partial charge is 0.138 e. The lowest BCUT2D eigenvalue weighted by molar-refractivity contribution is 0.265. The molecule has 1 rings (SSSR count). The van der Waals surface area contributed by atoms with Gasteiger partial charge in [-0.2, -0.15) is 0 Å². The van der Waals surface area contributed by atoms with E-state index in [4.69, 9.17) is 5.11 Å². The minimum Gasteiger partial charge on any atom is -0.384 e. The number of aliphatic hydroxyl groups is 1. The normalized spacial score (nSPS) is 10.5. The highest BCUT2D eigenvalue weighted by molar-refractivity contribution is 5.38. The number of hydrogen-bond acceptors (Lipinski definition) is 2. The van der Waals surface area contributed by atoms with Gasteiger partial charge in [-0.05, 0) is 38.6 Å².